The first kappa shape index (κ1) is 20.7. The van der Waals surface area contributed by atoms with Crippen molar-refractivity contribution in [2.75, 3.05) is 26.2 Å². The number of rotatable bonds is 6. The highest BCUT2D eigenvalue weighted by Gasteiger charge is 2.25. The second-order valence-electron chi connectivity index (χ2n) is 8.85. The SMILES string of the molecule is CCn1c2ccccc2c2cc(C[NH+]3CC[NH+](Cc4ccccc4[N+](=O)[O-])CC3)ccc21. The third kappa shape index (κ3) is 3.87. The molecule has 32 heavy (non-hydrogen) atoms. The molecule has 1 aliphatic rings. The number of fused-ring (bicyclic) bond motifs is 3. The molecule has 0 bridgehead atoms. The van der Waals surface area contributed by atoms with Gasteiger partial charge in [0.05, 0.1) is 10.5 Å². The van der Waals surface area contributed by atoms with Crippen LogP contribution in [0.15, 0.2) is 66.7 Å². The lowest BCUT2D eigenvalue weighted by molar-refractivity contribution is -1.02. The van der Waals surface area contributed by atoms with Crippen LogP contribution in [-0.2, 0) is 19.6 Å². The van der Waals surface area contributed by atoms with Crippen molar-refractivity contribution in [3.05, 3.63) is 88.0 Å². The van der Waals surface area contributed by atoms with Gasteiger partial charge in [0.15, 0.2) is 0 Å². The van der Waals surface area contributed by atoms with Crippen LogP contribution in [0.2, 0.25) is 0 Å². The van der Waals surface area contributed by atoms with Crippen molar-refractivity contribution < 1.29 is 14.7 Å². The molecular formula is C26H30N4O2+2. The summed E-state index contributed by atoms with van der Waals surface area (Å²) in [4.78, 5) is 14.1. The zero-order valence-corrected chi connectivity index (χ0v) is 18.5. The lowest BCUT2D eigenvalue weighted by Gasteiger charge is -2.29. The Kier molecular flexibility index (Phi) is 5.64. The lowest BCUT2D eigenvalue weighted by atomic mass is 10.1. The lowest BCUT2D eigenvalue weighted by Crippen LogP contribution is -3.27. The molecule has 1 aliphatic heterocycles. The summed E-state index contributed by atoms with van der Waals surface area (Å²) in [6.07, 6.45) is 0. The number of hydrogen-bond acceptors (Lipinski definition) is 2. The van der Waals surface area contributed by atoms with Crippen LogP contribution in [0.4, 0.5) is 5.69 Å². The zero-order valence-electron chi connectivity index (χ0n) is 18.5. The minimum atomic E-state index is -0.262. The number of aryl methyl sites for hydroxylation is 1. The Morgan fingerprint density at radius 1 is 0.844 bits per heavy atom. The third-order valence-corrected chi connectivity index (χ3v) is 6.90. The molecule has 0 unspecified atom stereocenters. The van der Waals surface area contributed by atoms with E-state index in [1.807, 2.05) is 12.1 Å². The summed E-state index contributed by atoms with van der Waals surface area (Å²) in [5.74, 6) is 0. The number of para-hydroxylation sites is 2. The topological polar surface area (TPSA) is 57.0 Å². The van der Waals surface area contributed by atoms with Gasteiger partial charge in [0.2, 0.25) is 0 Å². The van der Waals surface area contributed by atoms with E-state index in [0.29, 0.717) is 0 Å². The number of nitrogens with one attached hydrogen (secondary N) is 2. The van der Waals surface area contributed by atoms with E-state index in [1.54, 1.807) is 17.0 Å². The fraction of sp³-hybridized carbons (Fsp3) is 0.308. The van der Waals surface area contributed by atoms with E-state index in [0.717, 1.165) is 51.4 Å². The average Bonchev–Trinajstić information content (AvgIpc) is 3.13. The highest BCUT2D eigenvalue weighted by molar-refractivity contribution is 6.08. The summed E-state index contributed by atoms with van der Waals surface area (Å²) in [6.45, 7) is 9.19. The maximum atomic E-state index is 11.3. The standard InChI is InChI=1S/C26H28N4O2/c1-2-29-25-10-6-4-8-22(25)23-17-20(11-12-26(23)29)18-27-13-15-28(16-14-27)19-21-7-3-5-9-24(21)30(31)32/h3-12,17H,2,13-16,18-19H2,1H3/p+2. The van der Waals surface area contributed by atoms with E-state index in [9.17, 15) is 10.1 Å². The Labute approximate surface area is 187 Å². The molecule has 0 aliphatic carbocycles. The molecule has 1 saturated heterocycles. The van der Waals surface area contributed by atoms with Crippen LogP contribution in [0.1, 0.15) is 18.1 Å². The van der Waals surface area contributed by atoms with Crippen molar-refractivity contribution in [3.8, 4) is 0 Å². The summed E-state index contributed by atoms with van der Waals surface area (Å²) < 4.78 is 2.40. The van der Waals surface area contributed by atoms with E-state index in [4.69, 9.17) is 0 Å². The predicted molar refractivity (Wildman–Crippen MR) is 127 cm³/mol. The Bertz CT molecular complexity index is 1270. The maximum absolute atomic E-state index is 11.3. The molecule has 0 spiro atoms. The van der Waals surface area contributed by atoms with E-state index >= 15 is 0 Å². The number of quaternary nitrogens is 2. The molecule has 0 radical (unpaired) electrons. The van der Waals surface area contributed by atoms with Gasteiger partial charge in [0.1, 0.15) is 39.3 Å². The predicted octanol–water partition coefficient (Wildman–Crippen LogP) is 2.21. The van der Waals surface area contributed by atoms with Gasteiger partial charge in [-0.2, -0.15) is 0 Å². The Morgan fingerprint density at radius 3 is 2.25 bits per heavy atom. The van der Waals surface area contributed by atoms with E-state index in [1.165, 1.54) is 32.3 Å². The number of aromatic nitrogens is 1. The molecule has 1 fully saturated rings. The number of piperazine rings is 1. The second-order valence-corrected chi connectivity index (χ2v) is 8.85. The minimum absolute atomic E-state index is 0.245. The van der Waals surface area contributed by atoms with Gasteiger partial charge >= 0.3 is 0 Å². The zero-order chi connectivity index (χ0) is 22.1. The van der Waals surface area contributed by atoms with Crippen molar-refractivity contribution in [3.63, 3.8) is 0 Å². The molecule has 164 valence electrons. The molecule has 6 nitrogen and oxygen atoms in total. The minimum Gasteiger partial charge on any atom is -0.341 e. The molecule has 4 aromatic rings. The quantitative estimate of drug-likeness (QED) is 0.364. The van der Waals surface area contributed by atoms with Gasteiger partial charge in [-0.15, -0.1) is 0 Å². The van der Waals surface area contributed by atoms with Crippen LogP contribution in [0.3, 0.4) is 0 Å². The molecular weight excluding hydrogens is 400 g/mol. The third-order valence-electron chi connectivity index (χ3n) is 6.90. The summed E-state index contributed by atoms with van der Waals surface area (Å²) >= 11 is 0. The van der Waals surface area contributed by atoms with Crippen LogP contribution in [0.5, 0.6) is 0 Å². The Hall–Kier alpha value is -3.22. The van der Waals surface area contributed by atoms with Crippen LogP contribution < -0.4 is 9.80 Å². The second kappa shape index (κ2) is 8.73. The highest BCUT2D eigenvalue weighted by Crippen LogP contribution is 2.29. The first-order valence-corrected chi connectivity index (χ1v) is 11.5. The normalized spacial score (nSPS) is 18.9. The molecule has 0 atom stereocenters. The highest BCUT2D eigenvalue weighted by atomic mass is 16.6. The number of hydrogen-bond donors (Lipinski definition) is 2. The Balaban J connectivity index is 1.27. The van der Waals surface area contributed by atoms with Gasteiger partial charge in [-0.05, 0) is 31.2 Å². The smallest absolute Gasteiger partial charge is 0.278 e. The van der Waals surface area contributed by atoms with Crippen LogP contribution in [0, 0.1) is 10.1 Å². The number of benzene rings is 3. The summed E-state index contributed by atoms with van der Waals surface area (Å²) in [5, 5.41) is 14.0. The van der Waals surface area contributed by atoms with E-state index in [-0.39, 0.29) is 10.6 Å². The molecule has 0 amide bonds. The number of nitro benzene ring substituents is 1. The fourth-order valence-corrected chi connectivity index (χ4v) is 5.26. The van der Waals surface area contributed by atoms with Crippen LogP contribution in [0.25, 0.3) is 21.8 Å². The van der Waals surface area contributed by atoms with Gasteiger partial charge in [-0.1, -0.05) is 36.4 Å². The van der Waals surface area contributed by atoms with Crippen LogP contribution in [-0.4, -0.2) is 35.7 Å². The average molecular weight is 431 g/mol. The monoisotopic (exact) mass is 430 g/mol. The van der Waals surface area contributed by atoms with Gasteiger partial charge in [0.25, 0.3) is 5.69 Å². The first-order valence-electron chi connectivity index (χ1n) is 11.5. The fourth-order valence-electron chi connectivity index (χ4n) is 5.26. The molecule has 2 heterocycles. The number of nitro groups is 1. The van der Waals surface area contributed by atoms with Gasteiger partial charge in [0, 0.05) is 40.0 Å². The number of nitrogens with zero attached hydrogens (tertiary/aromatic N) is 2. The summed E-state index contributed by atoms with van der Waals surface area (Å²) in [5.41, 5.74) is 5.09. The summed E-state index contributed by atoms with van der Waals surface area (Å²) in [6, 6.07) is 22.8. The van der Waals surface area contributed by atoms with Crippen LogP contribution >= 0.6 is 0 Å². The van der Waals surface area contributed by atoms with E-state index < -0.39 is 0 Å². The van der Waals surface area contributed by atoms with E-state index in [2.05, 4.69) is 54.0 Å². The van der Waals surface area contributed by atoms with Crippen molar-refractivity contribution >= 4 is 27.5 Å². The molecule has 1 aromatic heterocycles. The first-order chi connectivity index (χ1) is 15.6. The molecule has 6 heteroatoms. The van der Waals surface area contributed by atoms with Gasteiger partial charge in [-0.3, -0.25) is 10.1 Å². The van der Waals surface area contributed by atoms with Crippen molar-refractivity contribution in [1.29, 1.82) is 0 Å². The largest absolute Gasteiger partial charge is 0.341 e. The summed E-state index contributed by atoms with van der Waals surface area (Å²) in [7, 11) is 0. The molecule has 0 saturated carbocycles. The molecule has 3 aromatic carbocycles. The maximum Gasteiger partial charge on any atom is 0.278 e. The Morgan fingerprint density at radius 2 is 1.50 bits per heavy atom. The molecule has 5 rings (SSSR count). The van der Waals surface area contributed by atoms with Crippen molar-refractivity contribution in [2.24, 2.45) is 0 Å². The molecule has 2 N–H and O–H groups in total. The van der Waals surface area contributed by atoms with Gasteiger partial charge in [-0.25, -0.2) is 0 Å². The van der Waals surface area contributed by atoms with Crippen molar-refractivity contribution in [1.82, 2.24) is 4.57 Å². The van der Waals surface area contributed by atoms with Gasteiger partial charge < -0.3 is 14.4 Å². The van der Waals surface area contributed by atoms with Crippen molar-refractivity contribution in [2.45, 2.75) is 26.6 Å².